The summed E-state index contributed by atoms with van der Waals surface area (Å²) in [5, 5.41) is 2.98. The van der Waals surface area contributed by atoms with Crippen molar-refractivity contribution in [1.29, 1.82) is 0 Å². The summed E-state index contributed by atoms with van der Waals surface area (Å²) in [6.45, 7) is 1.91. The van der Waals surface area contributed by atoms with Crippen LogP contribution in [0.3, 0.4) is 0 Å². The fourth-order valence-electron chi connectivity index (χ4n) is 3.99. The summed E-state index contributed by atoms with van der Waals surface area (Å²) in [6.07, 6.45) is 0. The summed E-state index contributed by atoms with van der Waals surface area (Å²) in [5.74, 6) is 0.0675. The van der Waals surface area contributed by atoms with E-state index in [1.54, 1.807) is 44.5 Å². The number of hydrogen-bond donors (Lipinski definition) is 1. The Morgan fingerprint density at radius 2 is 1.47 bits per heavy atom. The molecule has 0 aliphatic heterocycles. The highest BCUT2D eigenvalue weighted by molar-refractivity contribution is 6.15. The van der Waals surface area contributed by atoms with E-state index < -0.39 is 0 Å². The Labute approximate surface area is 199 Å². The first kappa shape index (κ1) is 22.8. The Hall–Kier alpha value is -4.38. The number of nitrogens with one attached hydrogen (secondary N) is 1. The van der Waals surface area contributed by atoms with Crippen molar-refractivity contribution >= 4 is 23.2 Å². The zero-order valence-corrected chi connectivity index (χ0v) is 19.4. The lowest BCUT2D eigenvalue weighted by Crippen LogP contribution is -2.28. The van der Waals surface area contributed by atoms with Gasteiger partial charge in [0.05, 0.1) is 29.6 Å². The van der Waals surface area contributed by atoms with Crippen molar-refractivity contribution in [1.82, 2.24) is 0 Å². The zero-order chi connectivity index (χ0) is 24.1. The molecule has 0 atom stereocenters. The van der Waals surface area contributed by atoms with Gasteiger partial charge in [0.15, 0.2) is 0 Å². The number of hydrogen-bond acceptors (Lipinski definition) is 3. The molecule has 0 fully saturated rings. The molecule has 0 saturated carbocycles. The van der Waals surface area contributed by atoms with Crippen molar-refractivity contribution in [2.45, 2.75) is 6.92 Å². The second-order valence-electron chi connectivity index (χ2n) is 7.90. The van der Waals surface area contributed by atoms with E-state index in [-0.39, 0.29) is 11.8 Å². The van der Waals surface area contributed by atoms with Gasteiger partial charge in [0.2, 0.25) is 0 Å². The monoisotopic (exact) mass is 450 g/mol. The minimum atomic E-state index is -0.267. The fourth-order valence-corrected chi connectivity index (χ4v) is 3.99. The highest BCUT2D eigenvalue weighted by Gasteiger charge is 2.22. The number of anilines is 2. The van der Waals surface area contributed by atoms with Crippen LogP contribution in [0, 0.1) is 6.92 Å². The number of rotatable bonds is 6. The number of aryl methyl sites for hydroxylation is 1. The molecular weight excluding hydrogens is 424 g/mol. The molecule has 1 N–H and O–H groups in total. The van der Waals surface area contributed by atoms with Gasteiger partial charge in [-0.15, -0.1) is 0 Å². The van der Waals surface area contributed by atoms with Crippen LogP contribution in [0.4, 0.5) is 11.4 Å². The molecule has 0 heterocycles. The second-order valence-corrected chi connectivity index (χ2v) is 7.90. The van der Waals surface area contributed by atoms with Gasteiger partial charge in [-0.05, 0) is 47.9 Å². The fraction of sp³-hybridized carbons (Fsp3) is 0.103. The zero-order valence-electron chi connectivity index (χ0n) is 19.4. The van der Waals surface area contributed by atoms with Gasteiger partial charge >= 0.3 is 0 Å². The van der Waals surface area contributed by atoms with Gasteiger partial charge in [-0.25, -0.2) is 0 Å². The molecule has 0 unspecified atom stereocenters. The lowest BCUT2D eigenvalue weighted by molar-refractivity contribution is 0.0993. The van der Waals surface area contributed by atoms with Crippen LogP contribution in [0.25, 0.3) is 11.1 Å². The standard InChI is InChI=1S/C29H26N2O3/c1-20-12-11-16-22(21-13-5-4-6-14-21)27(20)28(32)30-24-17-8-7-15-23(24)29(33)31(2)25-18-9-10-19-26(25)34-3/h4-19H,1-3H3,(H,30,32). The topological polar surface area (TPSA) is 58.6 Å². The molecular formula is C29H26N2O3. The highest BCUT2D eigenvalue weighted by atomic mass is 16.5. The molecule has 34 heavy (non-hydrogen) atoms. The molecule has 4 aromatic carbocycles. The third-order valence-corrected chi connectivity index (χ3v) is 5.74. The minimum Gasteiger partial charge on any atom is -0.495 e. The third-order valence-electron chi connectivity index (χ3n) is 5.74. The first-order chi connectivity index (χ1) is 16.5. The summed E-state index contributed by atoms with van der Waals surface area (Å²) >= 11 is 0. The van der Waals surface area contributed by atoms with Crippen LogP contribution < -0.4 is 15.0 Å². The molecule has 0 aromatic heterocycles. The van der Waals surface area contributed by atoms with Gasteiger partial charge in [-0.1, -0.05) is 72.8 Å². The van der Waals surface area contributed by atoms with Crippen molar-refractivity contribution in [2.24, 2.45) is 0 Å². The maximum Gasteiger partial charge on any atom is 0.260 e. The smallest absolute Gasteiger partial charge is 0.260 e. The quantitative estimate of drug-likeness (QED) is 0.380. The van der Waals surface area contributed by atoms with E-state index in [1.807, 2.05) is 73.7 Å². The third kappa shape index (κ3) is 4.55. The molecule has 0 spiro atoms. The van der Waals surface area contributed by atoms with E-state index in [0.29, 0.717) is 28.3 Å². The van der Waals surface area contributed by atoms with Crippen LogP contribution >= 0.6 is 0 Å². The van der Waals surface area contributed by atoms with E-state index in [1.165, 1.54) is 4.90 Å². The van der Waals surface area contributed by atoms with Crippen LogP contribution in [0.1, 0.15) is 26.3 Å². The number of para-hydroxylation sites is 3. The number of carbonyl (C=O) groups excluding carboxylic acids is 2. The van der Waals surface area contributed by atoms with Crippen molar-refractivity contribution < 1.29 is 14.3 Å². The van der Waals surface area contributed by atoms with Gasteiger partial charge in [-0.2, -0.15) is 0 Å². The Kier molecular flexibility index (Phi) is 6.74. The first-order valence-corrected chi connectivity index (χ1v) is 11.0. The number of carbonyl (C=O) groups is 2. The van der Waals surface area contributed by atoms with Crippen LogP contribution in [0.2, 0.25) is 0 Å². The molecule has 0 aliphatic carbocycles. The van der Waals surface area contributed by atoms with Gasteiger partial charge < -0.3 is 15.0 Å². The summed E-state index contributed by atoms with van der Waals surface area (Å²) in [5.41, 5.74) is 4.70. The predicted octanol–water partition coefficient (Wildman–Crippen LogP) is 6.20. The molecule has 5 nitrogen and oxygen atoms in total. The van der Waals surface area contributed by atoms with Crippen LogP contribution in [0.15, 0.2) is 97.1 Å². The number of methoxy groups -OCH3 is 1. The van der Waals surface area contributed by atoms with Gasteiger partial charge in [-0.3, -0.25) is 9.59 Å². The van der Waals surface area contributed by atoms with E-state index in [9.17, 15) is 9.59 Å². The van der Waals surface area contributed by atoms with Crippen molar-refractivity contribution in [3.63, 3.8) is 0 Å². The molecule has 5 heteroatoms. The molecule has 4 rings (SSSR count). The van der Waals surface area contributed by atoms with Gasteiger partial charge in [0.25, 0.3) is 11.8 Å². The average Bonchev–Trinajstić information content (AvgIpc) is 2.88. The Balaban J connectivity index is 1.68. The normalized spacial score (nSPS) is 10.4. The summed E-state index contributed by atoms with van der Waals surface area (Å²) in [4.78, 5) is 28.4. The van der Waals surface area contributed by atoms with E-state index in [2.05, 4.69) is 5.32 Å². The van der Waals surface area contributed by atoms with Crippen molar-refractivity contribution in [3.05, 3.63) is 114 Å². The molecule has 0 aliphatic rings. The SMILES string of the molecule is COc1ccccc1N(C)C(=O)c1ccccc1NC(=O)c1c(C)cccc1-c1ccccc1. The number of ether oxygens (including phenoxy) is 1. The summed E-state index contributed by atoms with van der Waals surface area (Å²) in [7, 11) is 3.26. The minimum absolute atomic E-state index is 0.256. The average molecular weight is 451 g/mol. The maximum absolute atomic E-state index is 13.5. The van der Waals surface area contributed by atoms with Crippen LogP contribution in [-0.4, -0.2) is 26.0 Å². The molecule has 2 amide bonds. The predicted molar refractivity (Wildman–Crippen MR) is 137 cm³/mol. The van der Waals surface area contributed by atoms with E-state index in [4.69, 9.17) is 4.74 Å². The van der Waals surface area contributed by atoms with E-state index >= 15 is 0 Å². The highest BCUT2D eigenvalue weighted by Crippen LogP contribution is 2.30. The maximum atomic E-state index is 13.5. The summed E-state index contributed by atoms with van der Waals surface area (Å²) < 4.78 is 5.41. The molecule has 0 radical (unpaired) electrons. The van der Waals surface area contributed by atoms with E-state index in [0.717, 1.165) is 16.7 Å². The number of amides is 2. The first-order valence-electron chi connectivity index (χ1n) is 11.0. The Morgan fingerprint density at radius 1 is 0.794 bits per heavy atom. The molecule has 0 bridgehead atoms. The molecule has 170 valence electrons. The van der Waals surface area contributed by atoms with Gasteiger partial charge in [0, 0.05) is 7.05 Å². The Bertz CT molecular complexity index is 1330. The number of benzene rings is 4. The van der Waals surface area contributed by atoms with Crippen LogP contribution in [-0.2, 0) is 0 Å². The summed E-state index contributed by atoms with van der Waals surface area (Å²) in [6, 6.07) is 29.9. The Morgan fingerprint density at radius 3 is 2.24 bits per heavy atom. The van der Waals surface area contributed by atoms with Gasteiger partial charge in [0.1, 0.15) is 5.75 Å². The molecule has 4 aromatic rings. The lowest BCUT2D eigenvalue weighted by atomic mass is 9.95. The second kappa shape index (κ2) is 10.0. The lowest BCUT2D eigenvalue weighted by Gasteiger charge is -2.21. The molecule has 0 saturated heterocycles. The van der Waals surface area contributed by atoms with Crippen molar-refractivity contribution in [2.75, 3.05) is 24.4 Å². The van der Waals surface area contributed by atoms with Crippen molar-refractivity contribution in [3.8, 4) is 16.9 Å². The number of nitrogens with zero attached hydrogens (tertiary/aromatic N) is 1. The van der Waals surface area contributed by atoms with Crippen LogP contribution in [0.5, 0.6) is 5.75 Å². The largest absolute Gasteiger partial charge is 0.495 e.